The number of hydrogen-bond donors (Lipinski definition) is 1. The zero-order valence-corrected chi connectivity index (χ0v) is 12.3. The van der Waals surface area contributed by atoms with Gasteiger partial charge in [-0.15, -0.1) is 0 Å². The van der Waals surface area contributed by atoms with Gasteiger partial charge in [0.2, 0.25) is 0 Å². The molecule has 2 unspecified atom stereocenters. The molecule has 4 nitrogen and oxygen atoms in total. The summed E-state index contributed by atoms with van der Waals surface area (Å²) in [6.07, 6.45) is 7.26. The van der Waals surface area contributed by atoms with Crippen LogP contribution in [-0.2, 0) is 4.74 Å². The lowest BCUT2D eigenvalue weighted by molar-refractivity contribution is 0.122. The van der Waals surface area contributed by atoms with E-state index in [1.165, 1.54) is 25.7 Å². The molecule has 1 saturated carbocycles. The molecule has 2 aliphatic rings. The smallest absolute Gasteiger partial charge is 0.128 e. The van der Waals surface area contributed by atoms with Crippen LogP contribution in [0.4, 0.5) is 11.5 Å². The molecular weight excluding hydrogens is 250 g/mol. The van der Waals surface area contributed by atoms with Crippen molar-refractivity contribution in [3.05, 3.63) is 18.3 Å². The average molecular weight is 275 g/mol. The highest BCUT2D eigenvalue weighted by Gasteiger charge is 2.23. The van der Waals surface area contributed by atoms with Gasteiger partial charge in [-0.3, -0.25) is 0 Å². The maximum atomic E-state index is 5.37. The third kappa shape index (κ3) is 3.23. The second kappa shape index (κ2) is 6.44. The van der Waals surface area contributed by atoms with Crippen LogP contribution in [0, 0.1) is 5.92 Å². The molecule has 4 heteroatoms. The van der Waals surface area contributed by atoms with Crippen LogP contribution in [0.15, 0.2) is 18.3 Å². The lowest BCUT2D eigenvalue weighted by atomic mass is 10.1. The van der Waals surface area contributed by atoms with Crippen LogP contribution in [0.3, 0.4) is 0 Å². The zero-order valence-electron chi connectivity index (χ0n) is 12.3. The Morgan fingerprint density at radius 1 is 1.30 bits per heavy atom. The highest BCUT2D eigenvalue weighted by atomic mass is 16.5. The Kier molecular flexibility index (Phi) is 4.41. The van der Waals surface area contributed by atoms with Crippen LogP contribution in [0.1, 0.15) is 32.6 Å². The highest BCUT2D eigenvalue weighted by Crippen LogP contribution is 2.30. The molecule has 110 valence electrons. The number of anilines is 2. The molecule has 0 aromatic carbocycles. The van der Waals surface area contributed by atoms with Crippen LogP contribution in [-0.4, -0.2) is 37.3 Å². The summed E-state index contributed by atoms with van der Waals surface area (Å²) in [5.41, 5.74) is 1.16. The molecule has 3 rings (SSSR count). The summed E-state index contributed by atoms with van der Waals surface area (Å²) in [4.78, 5) is 6.88. The largest absolute Gasteiger partial charge is 0.381 e. The first-order valence-corrected chi connectivity index (χ1v) is 7.90. The normalized spacial score (nSPS) is 26.8. The Morgan fingerprint density at radius 2 is 2.15 bits per heavy atom. The first kappa shape index (κ1) is 13.7. The number of pyridine rings is 1. The van der Waals surface area contributed by atoms with Crippen molar-refractivity contribution in [3.8, 4) is 0 Å². The average Bonchev–Trinajstić information content (AvgIpc) is 2.97. The predicted octanol–water partition coefficient (Wildman–Crippen LogP) is 2.91. The molecule has 20 heavy (non-hydrogen) atoms. The number of nitrogens with zero attached hydrogens (tertiary/aromatic N) is 2. The van der Waals surface area contributed by atoms with E-state index < -0.39 is 0 Å². The van der Waals surface area contributed by atoms with E-state index in [4.69, 9.17) is 4.74 Å². The number of nitrogens with one attached hydrogen (secondary N) is 1. The van der Waals surface area contributed by atoms with E-state index in [2.05, 4.69) is 34.3 Å². The lowest BCUT2D eigenvalue weighted by Crippen LogP contribution is -2.36. The van der Waals surface area contributed by atoms with Gasteiger partial charge in [0, 0.05) is 19.1 Å². The Labute approximate surface area is 121 Å². The van der Waals surface area contributed by atoms with Crippen LogP contribution in [0.25, 0.3) is 0 Å². The second-order valence-corrected chi connectivity index (χ2v) is 5.93. The highest BCUT2D eigenvalue weighted by molar-refractivity contribution is 5.49. The van der Waals surface area contributed by atoms with Crippen molar-refractivity contribution in [2.24, 2.45) is 5.92 Å². The third-order valence-electron chi connectivity index (χ3n) is 4.57. The monoisotopic (exact) mass is 275 g/mol. The fraction of sp³-hybridized carbons (Fsp3) is 0.688. The van der Waals surface area contributed by atoms with Gasteiger partial charge in [-0.2, -0.15) is 0 Å². The molecule has 1 saturated heterocycles. The fourth-order valence-corrected chi connectivity index (χ4v) is 3.26. The Bertz CT molecular complexity index is 414. The summed E-state index contributed by atoms with van der Waals surface area (Å²) in [5, 5.41) is 3.63. The van der Waals surface area contributed by atoms with Gasteiger partial charge in [0.1, 0.15) is 5.82 Å². The SMILES string of the molecule is CCC1CCC(Nc2ccc(N3CCOCC3)nc2)C1. The van der Waals surface area contributed by atoms with Gasteiger partial charge in [0.15, 0.2) is 0 Å². The molecule has 1 aromatic heterocycles. The first-order chi connectivity index (χ1) is 9.85. The maximum Gasteiger partial charge on any atom is 0.128 e. The molecule has 0 bridgehead atoms. The van der Waals surface area contributed by atoms with Crippen molar-refractivity contribution in [2.75, 3.05) is 36.5 Å². The van der Waals surface area contributed by atoms with Gasteiger partial charge in [-0.25, -0.2) is 4.98 Å². The van der Waals surface area contributed by atoms with E-state index in [1.54, 1.807) is 0 Å². The number of aromatic nitrogens is 1. The fourth-order valence-electron chi connectivity index (χ4n) is 3.26. The predicted molar refractivity (Wildman–Crippen MR) is 82.3 cm³/mol. The molecule has 0 radical (unpaired) electrons. The minimum atomic E-state index is 0.635. The van der Waals surface area contributed by atoms with Crippen molar-refractivity contribution < 1.29 is 4.74 Å². The number of rotatable bonds is 4. The summed E-state index contributed by atoms with van der Waals surface area (Å²) in [6.45, 7) is 5.80. The molecule has 2 atom stereocenters. The molecule has 0 amide bonds. The van der Waals surface area contributed by atoms with Gasteiger partial charge in [0.05, 0.1) is 25.1 Å². The van der Waals surface area contributed by atoms with E-state index in [9.17, 15) is 0 Å². The minimum Gasteiger partial charge on any atom is -0.381 e. The van der Waals surface area contributed by atoms with E-state index in [0.29, 0.717) is 6.04 Å². The van der Waals surface area contributed by atoms with E-state index in [0.717, 1.165) is 43.7 Å². The van der Waals surface area contributed by atoms with E-state index in [1.807, 2.05) is 6.20 Å². The molecule has 1 aromatic rings. The Hall–Kier alpha value is -1.29. The van der Waals surface area contributed by atoms with E-state index in [-0.39, 0.29) is 0 Å². The van der Waals surface area contributed by atoms with Crippen molar-refractivity contribution in [3.63, 3.8) is 0 Å². The van der Waals surface area contributed by atoms with Crippen LogP contribution < -0.4 is 10.2 Å². The Morgan fingerprint density at radius 3 is 2.80 bits per heavy atom. The second-order valence-electron chi connectivity index (χ2n) is 5.93. The molecular formula is C16H25N3O. The summed E-state index contributed by atoms with van der Waals surface area (Å²) < 4.78 is 5.37. The standard InChI is InChI=1S/C16H25N3O/c1-2-13-3-4-14(11-13)18-15-5-6-16(17-12-15)19-7-9-20-10-8-19/h5-6,12-14,18H,2-4,7-11H2,1H3. The quantitative estimate of drug-likeness (QED) is 0.917. The molecule has 1 aliphatic heterocycles. The van der Waals surface area contributed by atoms with E-state index >= 15 is 0 Å². The van der Waals surface area contributed by atoms with Crippen molar-refractivity contribution in [1.82, 2.24) is 4.98 Å². The van der Waals surface area contributed by atoms with Gasteiger partial charge in [-0.05, 0) is 37.3 Å². The van der Waals surface area contributed by atoms with Crippen molar-refractivity contribution >= 4 is 11.5 Å². The van der Waals surface area contributed by atoms with Gasteiger partial charge < -0.3 is 15.0 Å². The number of ether oxygens (including phenoxy) is 1. The zero-order chi connectivity index (χ0) is 13.8. The number of hydrogen-bond acceptors (Lipinski definition) is 4. The summed E-state index contributed by atoms with van der Waals surface area (Å²) >= 11 is 0. The molecule has 1 N–H and O–H groups in total. The van der Waals surface area contributed by atoms with Crippen LogP contribution >= 0.6 is 0 Å². The lowest BCUT2D eigenvalue weighted by Gasteiger charge is -2.27. The molecule has 1 aliphatic carbocycles. The molecule has 0 spiro atoms. The summed E-state index contributed by atoms with van der Waals surface area (Å²) in [7, 11) is 0. The molecule has 2 fully saturated rings. The molecule has 2 heterocycles. The minimum absolute atomic E-state index is 0.635. The van der Waals surface area contributed by atoms with Gasteiger partial charge in [-0.1, -0.05) is 13.3 Å². The van der Waals surface area contributed by atoms with Crippen LogP contribution in [0.2, 0.25) is 0 Å². The summed E-state index contributed by atoms with van der Waals surface area (Å²) in [5.74, 6) is 1.98. The topological polar surface area (TPSA) is 37.4 Å². The summed E-state index contributed by atoms with van der Waals surface area (Å²) in [6, 6.07) is 4.92. The van der Waals surface area contributed by atoms with Crippen LogP contribution in [0.5, 0.6) is 0 Å². The van der Waals surface area contributed by atoms with Crippen molar-refractivity contribution in [2.45, 2.75) is 38.6 Å². The first-order valence-electron chi connectivity index (χ1n) is 7.90. The van der Waals surface area contributed by atoms with Gasteiger partial charge in [0.25, 0.3) is 0 Å². The maximum absolute atomic E-state index is 5.37. The van der Waals surface area contributed by atoms with Crippen molar-refractivity contribution in [1.29, 1.82) is 0 Å². The Balaban J connectivity index is 1.56. The third-order valence-corrected chi connectivity index (χ3v) is 4.57. The van der Waals surface area contributed by atoms with Gasteiger partial charge >= 0.3 is 0 Å². The number of morpholine rings is 1.